The molecule has 0 spiro atoms. The molecule has 0 aliphatic rings. The second-order valence-electron chi connectivity index (χ2n) is 3.44. The van der Waals surface area contributed by atoms with Crippen molar-refractivity contribution in [2.75, 3.05) is 0 Å². The minimum atomic E-state index is -0.480. The van der Waals surface area contributed by atoms with Gasteiger partial charge in [0.25, 0.3) is 0 Å². The van der Waals surface area contributed by atoms with Crippen LogP contribution in [0.4, 0.5) is 0 Å². The fourth-order valence-electron chi connectivity index (χ4n) is 1.45. The Hall–Kier alpha value is -0.160. The van der Waals surface area contributed by atoms with Crippen molar-refractivity contribution in [3.05, 3.63) is 42.2 Å². The molecule has 0 fully saturated rings. The van der Waals surface area contributed by atoms with Gasteiger partial charge in [-0.3, -0.25) is 0 Å². The van der Waals surface area contributed by atoms with Crippen LogP contribution in [0.5, 0.6) is 0 Å². The number of halogens is 1. The molecule has 0 radical (unpaired) electrons. The SMILES string of the molecule is Cc1cc(C(O)c2ccsc2C)sc1Br. The zero-order valence-electron chi connectivity index (χ0n) is 8.45. The number of aliphatic hydroxyl groups excluding tert-OH is 1. The van der Waals surface area contributed by atoms with E-state index in [2.05, 4.69) is 15.9 Å². The third kappa shape index (κ3) is 2.18. The lowest BCUT2D eigenvalue weighted by Crippen LogP contribution is -1.96. The molecular formula is C11H11BrOS2. The summed E-state index contributed by atoms with van der Waals surface area (Å²) in [6.07, 6.45) is -0.480. The number of rotatable bonds is 2. The van der Waals surface area contributed by atoms with Crippen molar-refractivity contribution in [2.24, 2.45) is 0 Å². The van der Waals surface area contributed by atoms with E-state index in [0.717, 1.165) is 14.2 Å². The van der Waals surface area contributed by atoms with E-state index in [1.54, 1.807) is 22.7 Å². The summed E-state index contributed by atoms with van der Waals surface area (Å²) < 4.78 is 1.10. The molecule has 1 nitrogen and oxygen atoms in total. The maximum Gasteiger partial charge on any atom is 0.114 e. The predicted molar refractivity (Wildman–Crippen MR) is 69.9 cm³/mol. The molecular weight excluding hydrogens is 292 g/mol. The van der Waals surface area contributed by atoms with Crippen LogP contribution in [0.15, 0.2) is 21.3 Å². The van der Waals surface area contributed by atoms with Crippen molar-refractivity contribution in [3.8, 4) is 0 Å². The Labute approximate surface area is 106 Å². The minimum Gasteiger partial charge on any atom is -0.383 e. The summed E-state index contributed by atoms with van der Waals surface area (Å²) >= 11 is 6.75. The number of hydrogen-bond donors (Lipinski definition) is 1. The Balaban J connectivity index is 2.36. The van der Waals surface area contributed by atoms with Crippen molar-refractivity contribution in [2.45, 2.75) is 20.0 Å². The molecule has 4 heteroatoms. The molecule has 1 unspecified atom stereocenters. The topological polar surface area (TPSA) is 20.2 Å². The van der Waals surface area contributed by atoms with E-state index < -0.39 is 6.10 Å². The predicted octanol–water partition coefficient (Wildman–Crippen LogP) is 4.27. The minimum absolute atomic E-state index is 0.480. The Morgan fingerprint density at radius 3 is 2.60 bits per heavy atom. The average Bonchev–Trinajstić information content (AvgIpc) is 2.74. The lowest BCUT2D eigenvalue weighted by atomic mass is 10.1. The van der Waals surface area contributed by atoms with Gasteiger partial charge in [-0.15, -0.1) is 22.7 Å². The molecule has 0 saturated heterocycles. The first kappa shape index (κ1) is 11.3. The van der Waals surface area contributed by atoms with Crippen LogP contribution in [0.2, 0.25) is 0 Å². The van der Waals surface area contributed by atoms with E-state index >= 15 is 0 Å². The normalized spacial score (nSPS) is 13.1. The average molecular weight is 303 g/mol. The van der Waals surface area contributed by atoms with Crippen molar-refractivity contribution in [1.82, 2.24) is 0 Å². The van der Waals surface area contributed by atoms with Gasteiger partial charge in [0.2, 0.25) is 0 Å². The largest absolute Gasteiger partial charge is 0.383 e. The van der Waals surface area contributed by atoms with E-state index in [4.69, 9.17) is 0 Å². The molecule has 0 aliphatic heterocycles. The maximum absolute atomic E-state index is 10.2. The molecule has 2 heterocycles. The van der Waals surface area contributed by atoms with Gasteiger partial charge >= 0.3 is 0 Å². The summed E-state index contributed by atoms with van der Waals surface area (Å²) in [5, 5.41) is 12.2. The van der Waals surface area contributed by atoms with Gasteiger partial charge < -0.3 is 5.11 Å². The van der Waals surface area contributed by atoms with Gasteiger partial charge in [0, 0.05) is 9.75 Å². The van der Waals surface area contributed by atoms with Crippen LogP contribution in [-0.4, -0.2) is 5.11 Å². The van der Waals surface area contributed by atoms with E-state index in [9.17, 15) is 5.11 Å². The van der Waals surface area contributed by atoms with Gasteiger partial charge in [-0.1, -0.05) is 0 Å². The molecule has 0 saturated carbocycles. The lowest BCUT2D eigenvalue weighted by molar-refractivity contribution is 0.224. The van der Waals surface area contributed by atoms with Crippen molar-refractivity contribution >= 4 is 38.6 Å². The molecule has 2 aromatic rings. The fraction of sp³-hybridized carbons (Fsp3) is 0.273. The number of aliphatic hydroxyl groups is 1. The monoisotopic (exact) mass is 302 g/mol. The fourth-order valence-corrected chi connectivity index (χ4v) is 3.76. The first-order valence-electron chi connectivity index (χ1n) is 4.57. The summed E-state index contributed by atoms with van der Waals surface area (Å²) in [6.45, 7) is 4.08. The summed E-state index contributed by atoms with van der Waals surface area (Å²) in [5.41, 5.74) is 2.20. The zero-order chi connectivity index (χ0) is 11.0. The molecule has 0 amide bonds. The summed E-state index contributed by atoms with van der Waals surface area (Å²) in [5.74, 6) is 0. The van der Waals surface area contributed by atoms with Crippen LogP contribution in [0.3, 0.4) is 0 Å². The van der Waals surface area contributed by atoms with Gasteiger partial charge in [-0.2, -0.15) is 0 Å². The summed E-state index contributed by atoms with van der Waals surface area (Å²) in [7, 11) is 0. The Bertz CT molecular complexity index is 453. The van der Waals surface area contributed by atoms with Crippen molar-refractivity contribution in [3.63, 3.8) is 0 Å². The molecule has 15 heavy (non-hydrogen) atoms. The number of thiophene rings is 2. The van der Waals surface area contributed by atoms with Crippen LogP contribution in [0, 0.1) is 13.8 Å². The molecule has 0 aromatic carbocycles. The van der Waals surface area contributed by atoms with E-state index in [1.807, 2.05) is 31.4 Å². The molecule has 0 aliphatic carbocycles. The summed E-state index contributed by atoms with van der Waals surface area (Å²) in [4.78, 5) is 2.19. The van der Waals surface area contributed by atoms with Gasteiger partial charge in [0.1, 0.15) is 6.10 Å². The smallest absolute Gasteiger partial charge is 0.114 e. The highest BCUT2D eigenvalue weighted by molar-refractivity contribution is 9.11. The first-order chi connectivity index (χ1) is 7.09. The Morgan fingerprint density at radius 2 is 2.13 bits per heavy atom. The van der Waals surface area contributed by atoms with E-state index in [1.165, 1.54) is 10.4 Å². The number of aryl methyl sites for hydroxylation is 2. The number of hydrogen-bond acceptors (Lipinski definition) is 3. The molecule has 1 N–H and O–H groups in total. The maximum atomic E-state index is 10.2. The highest BCUT2D eigenvalue weighted by Crippen LogP contribution is 2.36. The van der Waals surface area contributed by atoms with Crippen LogP contribution in [-0.2, 0) is 0 Å². The standard InChI is InChI=1S/C11H11BrOS2/c1-6-5-9(15-11(6)12)10(13)8-3-4-14-7(8)2/h3-5,10,13H,1-2H3. The lowest BCUT2D eigenvalue weighted by Gasteiger charge is -2.07. The van der Waals surface area contributed by atoms with Crippen LogP contribution >= 0.6 is 38.6 Å². The highest BCUT2D eigenvalue weighted by atomic mass is 79.9. The molecule has 2 rings (SSSR count). The van der Waals surface area contributed by atoms with Crippen LogP contribution < -0.4 is 0 Å². The third-order valence-corrected chi connectivity index (χ3v) is 5.39. The molecule has 80 valence electrons. The zero-order valence-corrected chi connectivity index (χ0v) is 11.7. The van der Waals surface area contributed by atoms with Gasteiger partial charge in [0.05, 0.1) is 3.79 Å². The van der Waals surface area contributed by atoms with E-state index in [-0.39, 0.29) is 0 Å². The van der Waals surface area contributed by atoms with Crippen molar-refractivity contribution in [1.29, 1.82) is 0 Å². The molecule has 0 bridgehead atoms. The third-order valence-electron chi connectivity index (χ3n) is 2.34. The quantitative estimate of drug-likeness (QED) is 0.878. The summed E-state index contributed by atoms with van der Waals surface area (Å²) in [6, 6.07) is 4.03. The second-order valence-corrected chi connectivity index (χ2v) is 6.96. The van der Waals surface area contributed by atoms with E-state index in [0.29, 0.717) is 0 Å². The van der Waals surface area contributed by atoms with Crippen molar-refractivity contribution < 1.29 is 5.11 Å². The molecule has 2 aromatic heterocycles. The Morgan fingerprint density at radius 1 is 1.40 bits per heavy atom. The Kier molecular flexibility index (Phi) is 3.30. The second kappa shape index (κ2) is 4.37. The highest BCUT2D eigenvalue weighted by Gasteiger charge is 2.16. The van der Waals surface area contributed by atoms with Gasteiger partial charge in [-0.25, -0.2) is 0 Å². The van der Waals surface area contributed by atoms with Crippen LogP contribution in [0.1, 0.15) is 27.0 Å². The van der Waals surface area contributed by atoms with Gasteiger partial charge in [0.15, 0.2) is 0 Å². The molecule has 1 atom stereocenters. The van der Waals surface area contributed by atoms with Crippen LogP contribution in [0.25, 0.3) is 0 Å². The van der Waals surface area contributed by atoms with Gasteiger partial charge in [-0.05, 0) is 58.4 Å². The first-order valence-corrected chi connectivity index (χ1v) is 7.06.